The maximum Gasteiger partial charge on any atom is 0.267 e. The predicted molar refractivity (Wildman–Crippen MR) is 93.6 cm³/mol. The maximum absolute atomic E-state index is 13.2. The topological polar surface area (TPSA) is 34.9 Å². The number of benzene rings is 1. The number of fused-ring (bicyclic) bond motifs is 3. The fourth-order valence-electron chi connectivity index (χ4n) is 3.06. The third kappa shape index (κ3) is 2.11. The number of rotatable bonds is 3. The van der Waals surface area contributed by atoms with Crippen molar-refractivity contribution in [3.63, 3.8) is 0 Å². The lowest BCUT2D eigenvalue weighted by molar-refractivity contribution is 0.820. The summed E-state index contributed by atoms with van der Waals surface area (Å²) in [6.45, 7) is 2.09. The van der Waals surface area contributed by atoms with Gasteiger partial charge in [0.05, 0.1) is 11.1 Å². The summed E-state index contributed by atoms with van der Waals surface area (Å²) in [5.41, 5.74) is 2.23. The second-order valence-electron chi connectivity index (χ2n) is 5.34. The Labute approximate surface area is 137 Å². The molecule has 3 nitrogen and oxygen atoms in total. The molecule has 0 spiro atoms. The summed E-state index contributed by atoms with van der Waals surface area (Å²) in [7, 11) is 0. The number of hydrogen-bond acceptors (Lipinski definition) is 4. The Morgan fingerprint density at radius 2 is 2.09 bits per heavy atom. The number of hydrogen-bond donors (Lipinski definition) is 0. The second-order valence-corrected chi connectivity index (χ2v) is 7.66. The first-order valence-electron chi connectivity index (χ1n) is 7.55. The predicted octanol–water partition coefficient (Wildman–Crippen LogP) is 4.05. The average molecular weight is 328 g/mol. The van der Waals surface area contributed by atoms with Gasteiger partial charge in [0.25, 0.3) is 5.56 Å². The molecule has 1 aromatic carbocycles. The number of nitrogens with zero attached hydrogens (tertiary/aromatic N) is 2. The maximum atomic E-state index is 13.2. The normalized spacial score (nSPS) is 13.7. The second kappa shape index (κ2) is 5.56. The van der Waals surface area contributed by atoms with E-state index in [2.05, 4.69) is 6.92 Å². The van der Waals surface area contributed by atoms with Crippen LogP contribution in [0.5, 0.6) is 0 Å². The third-order valence-corrected chi connectivity index (χ3v) is 6.00. The van der Waals surface area contributed by atoms with Crippen molar-refractivity contribution in [3.05, 3.63) is 51.1 Å². The molecule has 0 radical (unpaired) electrons. The summed E-state index contributed by atoms with van der Waals surface area (Å²) in [6.07, 6.45) is 3.27. The van der Waals surface area contributed by atoms with Gasteiger partial charge >= 0.3 is 0 Å². The van der Waals surface area contributed by atoms with Crippen LogP contribution in [0.15, 0.2) is 40.3 Å². The summed E-state index contributed by atoms with van der Waals surface area (Å²) in [4.78, 5) is 20.2. The van der Waals surface area contributed by atoms with Gasteiger partial charge in [0.2, 0.25) is 0 Å². The van der Waals surface area contributed by atoms with Crippen LogP contribution in [0, 0.1) is 0 Å². The Bertz CT molecular complexity index is 896. The molecule has 5 heteroatoms. The standard InChI is InChI=1S/C17H16N2OS2/c1-2-21-17-18-15-14(12-9-6-10-13(12)22-15)16(20)19(17)11-7-4-3-5-8-11/h3-5,7-8H,2,6,9-10H2,1H3. The molecule has 1 aliphatic carbocycles. The molecule has 2 heterocycles. The van der Waals surface area contributed by atoms with E-state index in [0.717, 1.165) is 46.1 Å². The Morgan fingerprint density at radius 1 is 1.27 bits per heavy atom. The van der Waals surface area contributed by atoms with Gasteiger partial charge in [0.1, 0.15) is 4.83 Å². The van der Waals surface area contributed by atoms with Crippen molar-refractivity contribution in [1.29, 1.82) is 0 Å². The van der Waals surface area contributed by atoms with Gasteiger partial charge in [-0.05, 0) is 42.7 Å². The first-order valence-corrected chi connectivity index (χ1v) is 9.35. The van der Waals surface area contributed by atoms with Crippen LogP contribution in [0.1, 0.15) is 23.8 Å². The van der Waals surface area contributed by atoms with Crippen molar-refractivity contribution >= 4 is 33.3 Å². The molecule has 0 amide bonds. The monoisotopic (exact) mass is 328 g/mol. The van der Waals surface area contributed by atoms with Crippen LogP contribution in [-0.4, -0.2) is 15.3 Å². The molecule has 4 rings (SSSR count). The minimum absolute atomic E-state index is 0.0894. The smallest absolute Gasteiger partial charge is 0.267 e. The molecular weight excluding hydrogens is 312 g/mol. The van der Waals surface area contributed by atoms with E-state index in [-0.39, 0.29) is 5.56 Å². The Kier molecular flexibility index (Phi) is 3.54. The van der Waals surface area contributed by atoms with E-state index in [1.165, 1.54) is 10.4 Å². The third-order valence-electron chi connectivity index (χ3n) is 4.00. The fraction of sp³-hybridized carbons (Fsp3) is 0.294. The minimum atomic E-state index is 0.0894. The quantitative estimate of drug-likeness (QED) is 0.537. The molecule has 3 aromatic rings. The molecule has 0 aliphatic heterocycles. The van der Waals surface area contributed by atoms with Crippen LogP contribution in [-0.2, 0) is 12.8 Å². The molecule has 0 saturated carbocycles. The largest absolute Gasteiger partial charge is 0.268 e. The number of para-hydroxylation sites is 1. The lowest BCUT2D eigenvalue weighted by atomic mass is 10.2. The zero-order valence-electron chi connectivity index (χ0n) is 12.3. The first kappa shape index (κ1) is 14.0. The fourth-order valence-corrected chi connectivity index (χ4v) is 5.10. The summed E-state index contributed by atoms with van der Waals surface area (Å²) in [6, 6.07) is 9.84. The molecule has 0 bridgehead atoms. The number of thioether (sulfide) groups is 1. The Balaban J connectivity index is 2.06. The summed E-state index contributed by atoms with van der Waals surface area (Å²) < 4.78 is 1.78. The van der Waals surface area contributed by atoms with E-state index in [1.54, 1.807) is 27.7 Å². The molecule has 0 unspecified atom stereocenters. The van der Waals surface area contributed by atoms with Gasteiger partial charge in [-0.25, -0.2) is 4.98 Å². The van der Waals surface area contributed by atoms with E-state index in [9.17, 15) is 4.79 Å². The van der Waals surface area contributed by atoms with Crippen molar-refractivity contribution in [3.8, 4) is 5.69 Å². The summed E-state index contributed by atoms with van der Waals surface area (Å²) in [5, 5.41) is 1.65. The number of aryl methyl sites for hydroxylation is 2. The summed E-state index contributed by atoms with van der Waals surface area (Å²) >= 11 is 3.33. The highest BCUT2D eigenvalue weighted by atomic mass is 32.2. The highest BCUT2D eigenvalue weighted by Gasteiger charge is 2.23. The molecule has 0 atom stereocenters. The van der Waals surface area contributed by atoms with Crippen LogP contribution in [0.4, 0.5) is 0 Å². The van der Waals surface area contributed by atoms with Gasteiger partial charge in [-0.3, -0.25) is 9.36 Å². The van der Waals surface area contributed by atoms with Gasteiger partial charge in [-0.1, -0.05) is 36.9 Å². The first-order chi connectivity index (χ1) is 10.8. The van der Waals surface area contributed by atoms with Gasteiger partial charge in [0, 0.05) is 4.88 Å². The van der Waals surface area contributed by atoms with E-state index in [1.807, 2.05) is 30.3 Å². The Hall–Kier alpha value is -1.59. The molecule has 2 aromatic heterocycles. The van der Waals surface area contributed by atoms with Crippen LogP contribution in [0.3, 0.4) is 0 Å². The average Bonchev–Trinajstić information content (AvgIpc) is 3.09. The van der Waals surface area contributed by atoms with Crippen LogP contribution in [0.2, 0.25) is 0 Å². The number of thiophene rings is 1. The molecule has 22 heavy (non-hydrogen) atoms. The van der Waals surface area contributed by atoms with Crippen molar-refractivity contribution in [2.24, 2.45) is 0 Å². The van der Waals surface area contributed by atoms with E-state index in [4.69, 9.17) is 4.98 Å². The van der Waals surface area contributed by atoms with E-state index >= 15 is 0 Å². The van der Waals surface area contributed by atoms with Crippen LogP contribution < -0.4 is 5.56 Å². The number of aromatic nitrogens is 2. The lowest BCUT2D eigenvalue weighted by Crippen LogP contribution is -2.21. The zero-order valence-corrected chi connectivity index (χ0v) is 14.0. The minimum Gasteiger partial charge on any atom is -0.268 e. The zero-order chi connectivity index (χ0) is 15.1. The van der Waals surface area contributed by atoms with Crippen molar-refractivity contribution in [2.75, 3.05) is 5.75 Å². The highest BCUT2D eigenvalue weighted by molar-refractivity contribution is 7.99. The lowest BCUT2D eigenvalue weighted by Gasteiger charge is -2.11. The SMILES string of the molecule is CCSc1nc2sc3c(c2c(=O)n1-c1ccccc1)CCC3. The molecule has 1 aliphatic rings. The highest BCUT2D eigenvalue weighted by Crippen LogP contribution is 2.36. The summed E-state index contributed by atoms with van der Waals surface area (Å²) in [5.74, 6) is 0.899. The van der Waals surface area contributed by atoms with Crippen LogP contribution in [0.25, 0.3) is 15.9 Å². The van der Waals surface area contributed by atoms with Crippen molar-refractivity contribution < 1.29 is 0 Å². The van der Waals surface area contributed by atoms with Gasteiger partial charge in [-0.15, -0.1) is 11.3 Å². The van der Waals surface area contributed by atoms with Crippen molar-refractivity contribution in [2.45, 2.75) is 31.3 Å². The van der Waals surface area contributed by atoms with Crippen molar-refractivity contribution in [1.82, 2.24) is 9.55 Å². The molecule has 0 saturated heterocycles. The Morgan fingerprint density at radius 3 is 2.86 bits per heavy atom. The van der Waals surface area contributed by atoms with E-state index < -0.39 is 0 Å². The van der Waals surface area contributed by atoms with Gasteiger partial charge in [0.15, 0.2) is 5.16 Å². The molecule has 0 N–H and O–H groups in total. The van der Waals surface area contributed by atoms with Crippen LogP contribution >= 0.6 is 23.1 Å². The van der Waals surface area contributed by atoms with Gasteiger partial charge < -0.3 is 0 Å². The molecule has 112 valence electrons. The van der Waals surface area contributed by atoms with E-state index in [0.29, 0.717) is 0 Å². The molecular formula is C17H16N2OS2. The molecule has 0 fully saturated rings. The van der Waals surface area contributed by atoms with Gasteiger partial charge in [-0.2, -0.15) is 0 Å².